The second-order valence-corrected chi connectivity index (χ2v) is 5.34. The van der Waals surface area contributed by atoms with Crippen molar-refractivity contribution >= 4 is 27.5 Å². The number of rotatable bonds is 3. The summed E-state index contributed by atoms with van der Waals surface area (Å²) in [5.74, 6) is 0.894. The molecule has 1 aliphatic rings. The Morgan fingerprint density at radius 3 is 2.80 bits per heavy atom. The van der Waals surface area contributed by atoms with E-state index >= 15 is 0 Å². The van der Waals surface area contributed by atoms with E-state index in [1.165, 1.54) is 12.8 Å². The highest BCUT2D eigenvalue weighted by atomic mass is 79.9. The Balaban J connectivity index is 2.27. The third kappa shape index (κ3) is 2.47. The Hall–Kier alpha value is -0.250. The molecule has 2 rings (SSSR count). The summed E-state index contributed by atoms with van der Waals surface area (Å²) in [7, 11) is 0. The van der Waals surface area contributed by atoms with Crippen LogP contribution in [-0.2, 0) is 0 Å². The lowest BCUT2D eigenvalue weighted by molar-refractivity contribution is 0.452. The van der Waals surface area contributed by atoms with E-state index in [0.717, 1.165) is 12.3 Å². The minimum absolute atomic E-state index is 0.164. The monoisotopic (exact) mass is 289 g/mol. The molecular weight excluding hydrogens is 277 g/mol. The maximum Gasteiger partial charge on any atom is 0.136 e. The van der Waals surface area contributed by atoms with Crippen molar-refractivity contribution in [1.82, 2.24) is 0 Å². The number of hydrogen-bond acceptors (Lipinski definition) is 2. The number of nitrogens with two attached hydrogens (primary N) is 1. The fourth-order valence-corrected chi connectivity index (χ4v) is 2.38. The van der Waals surface area contributed by atoms with E-state index in [-0.39, 0.29) is 11.8 Å². The van der Waals surface area contributed by atoms with Crippen molar-refractivity contribution < 1.29 is 5.11 Å². The summed E-state index contributed by atoms with van der Waals surface area (Å²) in [6.45, 7) is 0. The molecule has 1 aliphatic carbocycles. The molecule has 0 saturated heterocycles. The van der Waals surface area contributed by atoms with E-state index in [9.17, 15) is 5.11 Å². The first kappa shape index (κ1) is 11.2. The predicted octanol–water partition coefficient (Wildman–Crippen LogP) is 3.61. The average Bonchev–Trinajstić information content (AvgIpc) is 2.96. The molecule has 15 heavy (non-hydrogen) atoms. The van der Waals surface area contributed by atoms with Gasteiger partial charge in [0.2, 0.25) is 0 Å². The highest BCUT2D eigenvalue weighted by Gasteiger charge is 2.27. The van der Waals surface area contributed by atoms with Gasteiger partial charge in [-0.25, -0.2) is 0 Å². The summed E-state index contributed by atoms with van der Waals surface area (Å²) >= 11 is 9.31. The maximum absolute atomic E-state index is 9.87. The molecule has 0 spiro atoms. The van der Waals surface area contributed by atoms with E-state index in [2.05, 4.69) is 15.9 Å². The Bertz CT molecular complexity index is 379. The van der Waals surface area contributed by atoms with Crippen LogP contribution in [0.3, 0.4) is 0 Å². The van der Waals surface area contributed by atoms with Gasteiger partial charge >= 0.3 is 0 Å². The molecule has 0 aromatic heterocycles. The largest absolute Gasteiger partial charge is 0.506 e. The number of halogens is 2. The molecule has 0 radical (unpaired) electrons. The SMILES string of the molecule is N[C@@H](CC1CC1)c1c(Cl)ccc(Br)c1O. The molecule has 82 valence electrons. The van der Waals surface area contributed by atoms with Crippen LogP contribution in [0.25, 0.3) is 0 Å². The first-order valence-electron chi connectivity index (χ1n) is 5.02. The van der Waals surface area contributed by atoms with Gasteiger partial charge in [0.05, 0.1) is 4.47 Å². The van der Waals surface area contributed by atoms with Crippen molar-refractivity contribution in [2.24, 2.45) is 11.7 Å². The summed E-state index contributed by atoms with van der Waals surface area (Å²) < 4.78 is 0.646. The van der Waals surface area contributed by atoms with Crippen LogP contribution in [0.15, 0.2) is 16.6 Å². The number of aromatic hydroxyl groups is 1. The summed E-state index contributed by atoms with van der Waals surface area (Å²) in [5, 5.41) is 10.4. The zero-order chi connectivity index (χ0) is 11.0. The van der Waals surface area contributed by atoms with Gasteiger partial charge in [-0.1, -0.05) is 24.4 Å². The molecule has 0 amide bonds. The lowest BCUT2D eigenvalue weighted by Crippen LogP contribution is -2.12. The molecule has 1 fully saturated rings. The van der Waals surface area contributed by atoms with Crippen LogP contribution in [0.1, 0.15) is 30.9 Å². The van der Waals surface area contributed by atoms with Gasteiger partial charge in [0.15, 0.2) is 0 Å². The summed E-state index contributed by atoms with van der Waals surface area (Å²) in [4.78, 5) is 0. The highest BCUT2D eigenvalue weighted by molar-refractivity contribution is 9.10. The topological polar surface area (TPSA) is 46.2 Å². The van der Waals surface area contributed by atoms with Gasteiger partial charge in [0, 0.05) is 16.6 Å². The minimum Gasteiger partial charge on any atom is -0.506 e. The Kier molecular flexibility index (Phi) is 3.24. The molecule has 0 aliphatic heterocycles. The molecular formula is C11H13BrClNO. The number of phenolic OH excluding ortho intramolecular Hbond substituents is 1. The third-order valence-electron chi connectivity index (χ3n) is 2.77. The second-order valence-electron chi connectivity index (χ2n) is 4.08. The van der Waals surface area contributed by atoms with Crippen LogP contribution < -0.4 is 5.73 Å². The molecule has 1 saturated carbocycles. The van der Waals surface area contributed by atoms with Crippen molar-refractivity contribution in [2.45, 2.75) is 25.3 Å². The van der Waals surface area contributed by atoms with Crippen molar-refractivity contribution in [3.8, 4) is 5.75 Å². The van der Waals surface area contributed by atoms with Crippen LogP contribution in [-0.4, -0.2) is 5.11 Å². The molecule has 0 heterocycles. The third-order valence-corrected chi connectivity index (χ3v) is 3.74. The molecule has 2 nitrogen and oxygen atoms in total. The molecule has 1 aromatic carbocycles. The van der Waals surface area contributed by atoms with E-state index in [4.69, 9.17) is 17.3 Å². The van der Waals surface area contributed by atoms with Gasteiger partial charge in [-0.15, -0.1) is 0 Å². The van der Waals surface area contributed by atoms with E-state index < -0.39 is 0 Å². The van der Waals surface area contributed by atoms with Gasteiger partial charge in [-0.2, -0.15) is 0 Å². The Labute approximate surface area is 103 Å². The van der Waals surface area contributed by atoms with Gasteiger partial charge in [0.25, 0.3) is 0 Å². The average molecular weight is 291 g/mol. The molecule has 1 atom stereocenters. The van der Waals surface area contributed by atoms with Crippen LogP contribution in [0.5, 0.6) is 5.75 Å². The maximum atomic E-state index is 9.87. The van der Waals surface area contributed by atoms with Crippen LogP contribution in [0.2, 0.25) is 5.02 Å². The Morgan fingerprint density at radius 1 is 1.53 bits per heavy atom. The minimum atomic E-state index is -0.164. The molecule has 0 bridgehead atoms. The Morgan fingerprint density at radius 2 is 2.20 bits per heavy atom. The van der Waals surface area contributed by atoms with Gasteiger partial charge in [-0.05, 0) is 40.4 Å². The quantitative estimate of drug-likeness (QED) is 0.893. The first-order valence-corrected chi connectivity index (χ1v) is 6.19. The van der Waals surface area contributed by atoms with Crippen molar-refractivity contribution in [3.63, 3.8) is 0 Å². The zero-order valence-corrected chi connectivity index (χ0v) is 10.6. The smallest absolute Gasteiger partial charge is 0.136 e. The predicted molar refractivity (Wildman–Crippen MR) is 65.1 cm³/mol. The summed E-state index contributed by atoms with van der Waals surface area (Å²) in [5.41, 5.74) is 6.71. The summed E-state index contributed by atoms with van der Waals surface area (Å²) in [6.07, 6.45) is 3.41. The standard InChI is InChI=1S/C11H13BrClNO/c12-7-3-4-8(13)10(11(7)15)9(14)5-6-1-2-6/h3-4,6,9,15H,1-2,5,14H2/t9-/m0/s1. The molecule has 3 N–H and O–H groups in total. The molecule has 0 unspecified atom stereocenters. The van der Waals surface area contributed by atoms with Crippen molar-refractivity contribution in [1.29, 1.82) is 0 Å². The van der Waals surface area contributed by atoms with E-state index in [1.54, 1.807) is 12.1 Å². The number of hydrogen-bond donors (Lipinski definition) is 2. The number of phenols is 1. The molecule has 4 heteroatoms. The second kappa shape index (κ2) is 4.32. The lowest BCUT2D eigenvalue weighted by atomic mass is 10.0. The normalized spacial score (nSPS) is 17.8. The van der Waals surface area contributed by atoms with Crippen molar-refractivity contribution in [3.05, 3.63) is 27.2 Å². The van der Waals surface area contributed by atoms with Gasteiger partial charge in [-0.3, -0.25) is 0 Å². The lowest BCUT2D eigenvalue weighted by Gasteiger charge is -2.15. The van der Waals surface area contributed by atoms with Crippen molar-refractivity contribution in [2.75, 3.05) is 0 Å². The number of benzene rings is 1. The van der Waals surface area contributed by atoms with Gasteiger partial charge < -0.3 is 10.8 Å². The van der Waals surface area contributed by atoms with Crippen LogP contribution >= 0.6 is 27.5 Å². The van der Waals surface area contributed by atoms with Crippen LogP contribution in [0.4, 0.5) is 0 Å². The highest BCUT2D eigenvalue weighted by Crippen LogP contribution is 2.42. The first-order chi connectivity index (χ1) is 7.09. The fourth-order valence-electron chi connectivity index (χ4n) is 1.74. The zero-order valence-electron chi connectivity index (χ0n) is 8.21. The van der Waals surface area contributed by atoms with E-state index in [0.29, 0.717) is 15.1 Å². The van der Waals surface area contributed by atoms with Gasteiger partial charge in [0.1, 0.15) is 5.75 Å². The summed E-state index contributed by atoms with van der Waals surface area (Å²) in [6, 6.07) is 3.32. The van der Waals surface area contributed by atoms with Crippen LogP contribution in [0, 0.1) is 5.92 Å². The fraction of sp³-hybridized carbons (Fsp3) is 0.455. The molecule has 1 aromatic rings. The van der Waals surface area contributed by atoms with E-state index in [1.807, 2.05) is 0 Å².